The number of allylic oxidation sites excluding steroid dienone is 4. The summed E-state index contributed by atoms with van der Waals surface area (Å²) in [6.07, 6.45) is 10.4. The van der Waals surface area contributed by atoms with Crippen molar-refractivity contribution in [2.45, 2.75) is 38.6 Å². The summed E-state index contributed by atoms with van der Waals surface area (Å²) in [4.78, 5) is 18.0. The van der Waals surface area contributed by atoms with Gasteiger partial charge in [-0.2, -0.15) is 0 Å². The minimum atomic E-state index is 0.0964. The molecule has 0 atom stereocenters. The Kier molecular flexibility index (Phi) is 4.31. The highest BCUT2D eigenvalue weighted by atomic mass is 16.2. The lowest BCUT2D eigenvalue weighted by Gasteiger charge is -2.27. The van der Waals surface area contributed by atoms with Gasteiger partial charge in [0.15, 0.2) is 0 Å². The standard InChI is InChI=1S/C14H21N3O/c1-11-5-3-8-13(9-15-11)17(2)14(18)10-16-12-6-4-7-12/h5,8-9,12,16H,3-4,6-7,10H2,1-2H3. The van der Waals surface area contributed by atoms with Crippen molar-refractivity contribution >= 4 is 12.1 Å². The average molecular weight is 247 g/mol. The second-order valence-electron chi connectivity index (χ2n) is 4.93. The molecule has 0 bridgehead atoms. The molecule has 1 aliphatic heterocycles. The minimum Gasteiger partial charge on any atom is -0.313 e. The van der Waals surface area contributed by atoms with Gasteiger partial charge < -0.3 is 10.2 Å². The summed E-state index contributed by atoms with van der Waals surface area (Å²) in [6.45, 7) is 2.38. The molecule has 0 aromatic rings. The van der Waals surface area contributed by atoms with E-state index in [2.05, 4.69) is 16.4 Å². The Balaban J connectivity index is 1.85. The number of aliphatic imine (C=N–C) groups is 1. The lowest BCUT2D eigenvalue weighted by molar-refractivity contribution is -0.127. The number of hydrogen-bond acceptors (Lipinski definition) is 3. The summed E-state index contributed by atoms with van der Waals surface area (Å²) in [6, 6.07) is 0.544. The Morgan fingerprint density at radius 3 is 2.94 bits per heavy atom. The third kappa shape index (κ3) is 3.29. The smallest absolute Gasteiger partial charge is 0.240 e. The van der Waals surface area contributed by atoms with E-state index in [1.807, 2.05) is 20.0 Å². The molecule has 0 saturated heterocycles. The first-order chi connectivity index (χ1) is 8.66. The van der Waals surface area contributed by atoms with Gasteiger partial charge in [0.25, 0.3) is 0 Å². The van der Waals surface area contributed by atoms with E-state index in [1.165, 1.54) is 19.3 Å². The Morgan fingerprint density at radius 1 is 1.50 bits per heavy atom. The molecule has 1 saturated carbocycles. The van der Waals surface area contributed by atoms with E-state index >= 15 is 0 Å². The first kappa shape index (κ1) is 13.0. The fraction of sp³-hybridized carbons (Fsp3) is 0.571. The molecule has 1 aliphatic carbocycles. The summed E-state index contributed by atoms with van der Waals surface area (Å²) in [5.74, 6) is 0.0964. The molecule has 4 heteroatoms. The lowest BCUT2D eigenvalue weighted by Crippen LogP contribution is -2.42. The van der Waals surface area contributed by atoms with Crippen molar-refractivity contribution in [3.05, 3.63) is 23.5 Å². The van der Waals surface area contributed by atoms with Crippen molar-refractivity contribution in [3.63, 3.8) is 0 Å². The van der Waals surface area contributed by atoms with Crippen LogP contribution in [0.5, 0.6) is 0 Å². The van der Waals surface area contributed by atoms with Crippen LogP contribution >= 0.6 is 0 Å². The molecule has 0 aromatic heterocycles. The summed E-state index contributed by atoms with van der Waals surface area (Å²) < 4.78 is 0. The van der Waals surface area contributed by atoms with Crippen LogP contribution in [-0.2, 0) is 4.79 Å². The number of carbonyl (C=O) groups excluding carboxylic acids is 1. The van der Waals surface area contributed by atoms with E-state index in [9.17, 15) is 4.79 Å². The van der Waals surface area contributed by atoms with E-state index in [-0.39, 0.29) is 5.91 Å². The number of rotatable bonds is 4. The fourth-order valence-electron chi connectivity index (χ4n) is 1.95. The van der Waals surface area contributed by atoms with Crippen LogP contribution in [0.1, 0.15) is 32.6 Å². The molecule has 0 radical (unpaired) electrons. The van der Waals surface area contributed by atoms with Gasteiger partial charge in [-0.25, -0.2) is 0 Å². The molecule has 1 fully saturated rings. The van der Waals surface area contributed by atoms with Crippen LogP contribution in [0.25, 0.3) is 0 Å². The maximum atomic E-state index is 12.0. The largest absolute Gasteiger partial charge is 0.313 e. The second-order valence-corrected chi connectivity index (χ2v) is 4.93. The SMILES string of the molecule is CC1=CCC=C(N(C)C(=O)CNC2CCC2)C=N1. The van der Waals surface area contributed by atoms with Gasteiger partial charge >= 0.3 is 0 Å². The number of carbonyl (C=O) groups is 1. The summed E-state index contributed by atoms with van der Waals surface area (Å²) in [7, 11) is 1.81. The van der Waals surface area contributed by atoms with Crippen molar-refractivity contribution < 1.29 is 4.79 Å². The molecule has 1 N–H and O–H groups in total. The predicted octanol–water partition coefficient (Wildman–Crippen LogP) is 1.85. The highest BCUT2D eigenvalue weighted by Gasteiger charge is 2.19. The van der Waals surface area contributed by atoms with Crippen molar-refractivity contribution in [3.8, 4) is 0 Å². The Bertz CT molecular complexity index is 405. The molecule has 0 spiro atoms. The fourth-order valence-corrected chi connectivity index (χ4v) is 1.95. The van der Waals surface area contributed by atoms with E-state index < -0.39 is 0 Å². The maximum Gasteiger partial charge on any atom is 0.240 e. The first-order valence-electron chi connectivity index (χ1n) is 6.58. The van der Waals surface area contributed by atoms with Crippen LogP contribution < -0.4 is 5.32 Å². The quantitative estimate of drug-likeness (QED) is 0.824. The van der Waals surface area contributed by atoms with E-state index in [4.69, 9.17) is 0 Å². The monoisotopic (exact) mass is 247 g/mol. The summed E-state index contributed by atoms with van der Waals surface area (Å²) in [5, 5.41) is 3.29. The van der Waals surface area contributed by atoms with Crippen LogP contribution in [0, 0.1) is 0 Å². The molecular weight excluding hydrogens is 226 g/mol. The minimum absolute atomic E-state index is 0.0964. The van der Waals surface area contributed by atoms with Gasteiger partial charge in [-0.05, 0) is 26.2 Å². The molecule has 1 heterocycles. The average Bonchev–Trinajstić information content (AvgIpc) is 2.51. The Labute approximate surface area is 108 Å². The molecule has 2 rings (SSSR count). The second kappa shape index (κ2) is 5.96. The maximum absolute atomic E-state index is 12.0. The third-order valence-corrected chi connectivity index (χ3v) is 3.55. The van der Waals surface area contributed by atoms with Gasteiger partial charge in [0.1, 0.15) is 0 Å². The topological polar surface area (TPSA) is 44.7 Å². The highest BCUT2D eigenvalue weighted by Crippen LogP contribution is 2.17. The zero-order valence-corrected chi connectivity index (χ0v) is 11.1. The summed E-state index contributed by atoms with van der Waals surface area (Å²) >= 11 is 0. The molecule has 18 heavy (non-hydrogen) atoms. The van der Waals surface area contributed by atoms with Gasteiger partial charge in [0.05, 0.1) is 18.5 Å². The molecule has 0 aromatic carbocycles. The molecule has 1 amide bonds. The normalized spacial score (nSPS) is 19.7. The van der Waals surface area contributed by atoms with E-state index in [0.717, 1.165) is 17.8 Å². The van der Waals surface area contributed by atoms with Gasteiger partial charge in [0, 0.05) is 18.8 Å². The Hall–Kier alpha value is -1.42. The number of amides is 1. The van der Waals surface area contributed by atoms with Crippen molar-refractivity contribution in [1.29, 1.82) is 0 Å². The van der Waals surface area contributed by atoms with Crippen LogP contribution in [0.4, 0.5) is 0 Å². The zero-order chi connectivity index (χ0) is 13.0. The van der Waals surface area contributed by atoms with Crippen LogP contribution in [0.2, 0.25) is 0 Å². The number of nitrogens with zero attached hydrogens (tertiary/aromatic N) is 2. The molecule has 4 nitrogen and oxygen atoms in total. The van der Waals surface area contributed by atoms with Crippen LogP contribution in [0.15, 0.2) is 28.5 Å². The first-order valence-corrected chi connectivity index (χ1v) is 6.58. The van der Waals surface area contributed by atoms with E-state index in [1.54, 1.807) is 11.1 Å². The van der Waals surface area contributed by atoms with Crippen LogP contribution in [-0.4, -0.2) is 36.7 Å². The predicted molar refractivity (Wildman–Crippen MR) is 73.4 cm³/mol. The zero-order valence-electron chi connectivity index (χ0n) is 11.1. The van der Waals surface area contributed by atoms with Crippen LogP contribution in [0.3, 0.4) is 0 Å². The van der Waals surface area contributed by atoms with Gasteiger partial charge in [-0.3, -0.25) is 9.79 Å². The van der Waals surface area contributed by atoms with Gasteiger partial charge in [-0.1, -0.05) is 18.6 Å². The highest BCUT2D eigenvalue weighted by molar-refractivity contribution is 5.89. The van der Waals surface area contributed by atoms with Crippen molar-refractivity contribution in [2.24, 2.45) is 4.99 Å². The number of nitrogens with one attached hydrogen (secondary N) is 1. The van der Waals surface area contributed by atoms with Crippen molar-refractivity contribution in [2.75, 3.05) is 13.6 Å². The number of hydrogen-bond donors (Lipinski definition) is 1. The lowest BCUT2D eigenvalue weighted by atomic mass is 9.93. The third-order valence-electron chi connectivity index (χ3n) is 3.55. The molecule has 2 aliphatic rings. The van der Waals surface area contributed by atoms with Gasteiger partial charge in [-0.15, -0.1) is 0 Å². The summed E-state index contributed by atoms with van der Waals surface area (Å²) in [5.41, 5.74) is 1.87. The molecular formula is C14H21N3O. The Morgan fingerprint density at radius 2 is 2.28 bits per heavy atom. The molecule has 98 valence electrons. The van der Waals surface area contributed by atoms with Crippen molar-refractivity contribution in [1.82, 2.24) is 10.2 Å². The number of likely N-dealkylation sites (N-methyl/N-ethyl adjacent to an activating group) is 1. The molecule has 0 unspecified atom stereocenters. The van der Waals surface area contributed by atoms with E-state index in [0.29, 0.717) is 12.6 Å². The van der Waals surface area contributed by atoms with Gasteiger partial charge in [0.2, 0.25) is 5.91 Å².